The predicted molar refractivity (Wildman–Crippen MR) is 59.7 cm³/mol. The molecule has 0 bridgehead atoms. The van der Waals surface area contributed by atoms with Crippen molar-refractivity contribution in [1.29, 1.82) is 0 Å². The van der Waals surface area contributed by atoms with E-state index in [1.807, 2.05) is 13.8 Å². The average molecular weight is 208 g/mol. The predicted octanol–water partition coefficient (Wildman–Crippen LogP) is 2.66. The van der Waals surface area contributed by atoms with Crippen LogP contribution in [0.15, 0.2) is 4.52 Å². The van der Waals surface area contributed by atoms with Crippen LogP contribution in [0.3, 0.4) is 0 Å². The Hall–Kier alpha value is -0.830. The van der Waals surface area contributed by atoms with Gasteiger partial charge in [-0.1, -0.05) is 5.16 Å². The molecule has 0 unspecified atom stereocenters. The van der Waals surface area contributed by atoms with Crippen LogP contribution in [0.1, 0.15) is 43.7 Å². The molecule has 3 nitrogen and oxygen atoms in total. The fourth-order valence-electron chi connectivity index (χ4n) is 2.05. The molecule has 1 aromatic rings. The number of aromatic nitrogens is 1. The van der Waals surface area contributed by atoms with Crippen LogP contribution in [0.5, 0.6) is 0 Å². The second kappa shape index (κ2) is 3.97. The molecule has 0 saturated heterocycles. The van der Waals surface area contributed by atoms with Gasteiger partial charge in [0.05, 0.1) is 5.69 Å². The Bertz CT molecular complexity index is 318. The minimum Gasteiger partial charge on any atom is -0.361 e. The summed E-state index contributed by atoms with van der Waals surface area (Å²) >= 11 is 0. The van der Waals surface area contributed by atoms with Crippen molar-refractivity contribution < 1.29 is 4.52 Å². The number of rotatable bonds is 4. The molecule has 1 aliphatic carbocycles. The van der Waals surface area contributed by atoms with Crippen LogP contribution in [0.4, 0.5) is 0 Å². The van der Waals surface area contributed by atoms with Gasteiger partial charge in [0, 0.05) is 24.2 Å². The number of aryl methyl sites for hydroxylation is 2. The summed E-state index contributed by atoms with van der Waals surface area (Å²) in [5, 5.41) is 4.01. The Labute approximate surface area is 91.4 Å². The maximum atomic E-state index is 5.20. The molecule has 0 aromatic carbocycles. The lowest BCUT2D eigenvalue weighted by atomic mass is 10.1. The number of nitrogens with zero attached hydrogens (tertiary/aromatic N) is 2. The lowest BCUT2D eigenvalue weighted by Crippen LogP contribution is -2.32. The summed E-state index contributed by atoms with van der Waals surface area (Å²) in [5.74, 6) is 0.971. The quantitative estimate of drug-likeness (QED) is 0.761. The van der Waals surface area contributed by atoms with Crippen molar-refractivity contribution in [2.24, 2.45) is 0 Å². The monoisotopic (exact) mass is 208 g/mol. The second-order valence-corrected chi connectivity index (χ2v) is 4.80. The summed E-state index contributed by atoms with van der Waals surface area (Å²) in [6, 6.07) is 1.39. The zero-order valence-corrected chi connectivity index (χ0v) is 10.1. The molecule has 0 spiro atoms. The van der Waals surface area contributed by atoms with Crippen molar-refractivity contribution in [3.63, 3.8) is 0 Å². The molecule has 1 heterocycles. The van der Waals surface area contributed by atoms with Gasteiger partial charge in [-0.25, -0.2) is 0 Å². The smallest absolute Gasteiger partial charge is 0.138 e. The van der Waals surface area contributed by atoms with E-state index in [1.165, 1.54) is 18.4 Å². The third-order valence-corrected chi connectivity index (χ3v) is 3.20. The zero-order chi connectivity index (χ0) is 11.0. The summed E-state index contributed by atoms with van der Waals surface area (Å²) < 4.78 is 5.20. The molecule has 0 amide bonds. The van der Waals surface area contributed by atoms with Gasteiger partial charge >= 0.3 is 0 Å². The van der Waals surface area contributed by atoms with Crippen molar-refractivity contribution in [1.82, 2.24) is 10.1 Å². The molecule has 3 heteroatoms. The van der Waals surface area contributed by atoms with Crippen LogP contribution in [-0.2, 0) is 6.54 Å². The first-order valence-electron chi connectivity index (χ1n) is 5.77. The van der Waals surface area contributed by atoms with Gasteiger partial charge in [-0.05, 0) is 40.5 Å². The van der Waals surface area contributed by atoms with E-state index in [-0.39, 0.29) is 0 Å². The highest BCUT2D eigenvalue weighted by atomic mass is 16.5. The third kappa shape index (κ3) is 2.23. The van der Waals surface area contributed by atoms with Crippen molar-refractivity contribution in [3.8, 4) is 0 Å². The van der Waals surface area contributed by atoms with E-state index in [0.29, 0.717) is 6.04 Å². The second-order valence-electron chi connectivity index (χ2n) is 4.80. The average Bonchev–Trinajstić information content (AvgIpc) is 2.94. The Morgan fingerprint density at radius 2 is 2.07 bits per heavy atom. The molecule has 1 saturated carbocycles. The first-order chi connectivity index (χ1) is 7.09. The first kappa shape index (κ1) is 10.7. The van der Waals surface area contributed by atoms with E-state index >= 15 is 0 Å². The van der Waals surface area contributed by atoms with Gasteiger partial charge in [-0.2, -0.15) is 0 Å². The minimum absolute atomic E-state index is 0.603. The molecule has 15 heavy (non-hydrogen) atoms. The summed E-state index contributed by atoms with van der Waals surface area (Å²) in [6.45, 7) is 9.54. The molecule has 1 aromatic heterocycles. The molecule has 2 rings (SSSR count). The van der Waals surface area contributed by atoms with E-state index in [2.05, 4.69) is 23.9 Å². The molecule has 1 fully saturated rings. The summed E-state index contributed by atoms with van der Waals surface area (Å²) in [6.07, 6.45) is 2.70. The zero-order valence-electron chi connectivity index (χ0n) is 10.1. The molecule has 0 radical (unpaired) electrons. The topological polar surface area (TPSA) is 29.3 Å². The molecule has 84 valence electrons. The van der Waals surface area contributed by atoms with E-state index in [4.69, 9.17) is 4.52 Å². The van der Waals surface area contributed by atoms with Crippen molar-refractivity contribution in [2.45, 2.75) is 59.2 Å². The molecular weight excluding hydrogens is 188 g/mol. The highest BCUT2D eigenvalue weighted by molar-refractivity contribution is 5.21. The normalized spacial score (nSPS) is 16.7. The van der Waals surface area contributed by atoms with Gasteiger partial charge < -0.3 is 4.52 Å². The highest BCUT2D eigenvalue weighted by Crippen LogP contribution is 2.31. The van der Waals surface area contributed by atoms with Gasteiger partial charge in [0.1, 0.15) is 5.76 Å². The maximum absolute atomic E-state index is 5.20. The number of hydrogen-bond acceptors (Lipinski definition) is 3. The Kier molecular flexibility index (Phi) is 2.83. The highest BCUT2D eigenvalue weighted by Gasteiger charge is 2.31. The molecule has 0 atom stereocenters. The number of hydrogen-bond donors (Lipinski definition) is 0. The largest absolute Gasteiger partial charge is 0.361 e. The van der Waals surface area contributed by atoms with Crippen LogP contribution in [0, 0.1) is 13.8 Å². The van der Waals surface area contributed by atoms with Crippen molar-refractivity contribution in [3.05, 3.63) is 17.0 Å². The third-order valence-electron chi connectivity index (χ3n) is 3.20. The Balaban J connectivity index is 2.11. The molecule has 1 aliphatic rings. The molecular formula is C12H20N2O. The maximum Gasteiger partial charge on any atom is 0.138 e. The van der Waals surface area contributed by atoms with Gasteiger partial charge in [0.2, 0.25) is 0 Å². The minimum atomic E-state index is 0.603. The van der Waals surface area contributed by atoms with E-state index in [1.54, 1.807) is 0 Å². The van der Waals surface area contributed by atoms with Crippen LogP contribution in [0.2, 0.25) is 0 Å². The van der Waals surface area contributed by atoms with Gasteiger partial charge in [-0.3, -0.25) is 4.90 Å². The van der Waals surface area contributed by atoms with Crippen molar-refractivity contribution in [2.75, 3.05) is 0 Å². The van der Waals surface area contributed by atoms with Crippen LogP contribution < -0.4 is 0 Å². The van der Waals surface area contributed by atoms with Crippen LogP contribution >= 0.6 is 0 Å². The van der Waals surface area contributed by atoms with Gasteiger partial charge in [0.25, 0.3) is 0 Å². The van der Waals surface area contributed by atoms with Crippen molar-refractivity contribution >= 4 is 0 Å². The summed E-state index contributed by atoms with van der Waals surface area (Å²) in [4.78, 5) is 2.55. The lowest BCUT2D eigenvalue weighted by molar-refractivity contribution is 0.201. The lowest BCUT2D eigenvalue weighted by Gasteiger charge is -2.26. The van der Waals surface area contributed by atoms with E-state index in [9.17, 15) is 0 Å². The van der Waals surface area contributed by atoms with E-state index in [0.717, 1.165) is 24.0 Å². The van der Waals surface area contributed by atoms with Gasteiger partial charge in [0.15, 0.2) is 0 Å². The summed E-state index contributed by atoms with van der Waals surface area (Å²) in [7, 11) is 0. The standard InChI is InChI=1S/C12H20N2O/c1-8(2)14(11-5-6-11)7-12-9(3)13-15-10(12)4/h8,11H,5-7H2,1-4H3. The Morgan fingerprint density at radius 1 is 1.40 bits per heavy atom. The SMILES string of the molecule is Cc1noc(C)c1CN(C(C)C)C1CC1. The fourth-order valence-corrected chi connectivity index (χ4v) is 2.05. The Morgan fingerprint density at radius 3 is 2.47 bits per heavy atom. The summed E-state index contributed by atoms with van der Waals surface area (Å²) in [5.41, 5.74) is 2.31. The first-order valence-corrected chi connectivity index (χ1v) is 5.77. The van der Waals surface area contributed by atoms with Crippen LogP contribution in [-0.4, -0.2) is 22.1 Å². The van der Waals surface area contributed by atoms with E-state index < -0.39 is 0 Å². The van der Waals surface area contributed by atoms with Gasteiger partial charge in [-0.15, -0.1) is 0 Å². The van der Waals surface area contributed by atoms with Crippen LogP contribution in [0.25, 0.3) is 0 Å². The molecule has 0 aliphatic heterocycles. The fraction of sp³-hybridized carbons (Fsp3) is 0.750. The molecule has 0 N–H and O–H groups in total.